The van der Waals surface area contributed by atoms with Crippen LogP contribution >= 0.6 is 0 Å². The zero-order valence-electron chi connectivity index (χ0n) is 8.99. The van der Waals surface area contributed by atoms with Gasteiger partial charge in [-0.25, -0.2) is 4.39 Å². The molecule has 0 unspecified atom stereocenters. The average Bonchev–Trinajstić information content (AvgIpc) is 2.81. The van der Waals surface area contributed by atoms with E-state index in [4.69, 9.17) is 4.74 Å². The maximum atomic E-state index is 12.6. The number of hydrogen-bond donors (Lipinski definition) is 0. The van der Waals surface area contributed by atoms with Crippen molar-refractivity contribution < 1.29 is 13.9 Å². The van der Waals surface area contributed by atoms with Gasteiger partial charge in [-0.3, -0.25) is 4.79 Å². The number of carbonyl (C=O) groups is 1. The molecule has 1 saturated heterocycles. The lowest BCUT2D eigenvalue weighted by Gasteiger charge is -2.15. The molecule has 4 heteroatoms. The predicted molar refractivity (Wildman–Crippen MR) is 57.7 cm³/mol. The molecular formula is C12H14FNO2. The fourth-order valence-electron chi connectivity index (χ4n) is 1.73. The molecule has 0 atom stereocenters. The highest BCUT2D eigenvalue weighted by Gasteiger charge is 2.17. The molecule has 0 spiro atoms. The number of nitrogens with zero attached hydrogens (tertiary/aromatic N) is 1. The first-order valence-corrected chi connectivity index (χ1v) is 5.42. The third-order valence-corrected chi connectivity index (χ3v) is 2.63. The molecule has 2 rings (SSSR count). The fourth-order valence-corrected chi connectivity index (χ4v) is 1.73. The molecule has 1 aromatic carbocycles. The summed E-state index contributed by atoms with van der Waals surface area (Å²) in [6, 6.07) is 5.67. The van der Waals surface area contributed by atoms with Gasteiger partial charge in [-0.1, -0.05) is 0 Å². The highest BCUT2D eigenvalue weighted by Crippen LogP contribution is 2.12. The second-order valence-corrected chi connectivity index (χ2v) is 3.83. The number of carbonyl (C=O) groups excluding carboxylic acids is 1. The molecule has 1 aromatic rings. The monoisotopic (exact) mass is 223 g/mol. The van der Waals surface area contributed by atoms with E-state index >= 15 is 0 Å². The number of amides is 1. The molecule has 0 aliphatic carbocycles. The Hall–Kier alpha value is -1.58. The fraction of sp³-hybridized carbons (Fsp3) is 0.417. The van der Waals surface area contributed by atoms with Crippen LogP contribution in [0.25, 0.3) is 0 Å². The van der Waals surface area contributed by atoms with Crippen molar-refractivity contribution in [1.29, 1.82) is 0 Å². The third-order valence-electron chi connectivity index (χ3n) is 2.63. The summed E-state index contributed by atoms with van der Waals surface area (Å²) in [4.78, 5) is 13.4. The Kier molecular flexibility index (Phi) is 3.39. The molecule has 1 aliphatic heterocycles. The van der Waals surface area contributed by atoms with Crippen molar-refractivity contribution in [2.75, 3.05) is 19.7 Å². The zero-order chi connectivity index (χ0) is 11.4. The number of rotatable bonds is 3. The van der Waals surface area contributed by atoms with Crippen LogP contribution in [0.1, 0.15) is 12.8 Å². The average molecular weight is 223 g/mol. The van der Waals surface area contributed by atoms with Gasteiger partial charge < -0.3 is 9.64 Å². The Morgan fingerprint density at radius 2 is 1.88 bits per heavy atom. The van der Waals surface area contributed by atoms with Crippen LogP contribution in [0, 0.1) is 5.82 Å². The van der Waals surface area contributed by atoms with Crippen molar-refractivity contribution in [3.63, 3.8) is 0 Å². The van der Waals surface area contributed by atoms with Crippen molar-refractivity contribution in [3.05, 3.63) is 30.1 Å². The number of hydrogen-bond acceptors (Lipinski definition) is 2. The highest BCUT2D eigenvalue weighted by molar-refractivity contribution is 5.78. The van der Waals surface area contributed by atoms with Crippen LogP contribution in [0.5, 0.6) is 5.75 Å². The summed E-state index contributed by atoms with van der Waals surface area (Å²) in [5, 5.41) is 0. The highest BCUT2D eigenvalue weighted by atomic mass is 19.1. The molecular weight excluding hydrogens is 209 g/mol. The van der Waals surface area contributed by atoms with Gasteiger partial charge in [0.1, 0.15) is 11.6 Å². The Morgan fingerprint density at radius 1 is 1.25 bits per heavy atom. The Balaban J connectivity index is 1.82. The molecule has 3 nitrogen and oxygen atoms in total. The molecule has 1 heterocycles. The van der Waals surface area contributed by atoms with Gasteiger partial charge in [-0.05, 0) is 37.1 Å². The van der Waals surface area contributed by atoms with E-state index < -0.39 is 0 Å². The Bertz CT molecular complexity index is 358. The van der Waals surface area contributed by atoms with Crippen molar-refractivity contribution in [1.82, 2.24) is 4.90 Å². The summed E-state index contributed by atoms with van der Waals surface area (Å²) in [7, 11) is 0. The summed E-state index contributed by atoms with van der Waals surface area (Å²) >= 11 is 0. The van der Waals surface area contributed by atoms with Crippen molar-refractivity contribution in [3.8, 4) is 5.75 Å². The standard InChI is InChI=1S/C12H14FNO2/c13-10-3-5-11(6-4-10)16-9-12(15)14-7-1-2-8-14/h3-6H,1-2,7-9H2. The van der Waals surface area contributed by atoms with E-state index in [9.17, 15) is 9.18 Å². The number of ether oxygens (including phenoxy) is 1. The van der Waals surface area contributed by atoms with E-state index in [2.05, 4.69) is 0 Å². The van der Waals surface area contributed by atoms with E-state index in [0.717, 1.165) is 25.9 Å². The van der Waals surface area contributed by atoms with Crippen LogP contribution in [0.4, 0.5) is 4.39 Å². The maximum absolute atomic E-state index is 12.6. The molecule has 0 saturated carbocycles. The Morgan fingerprint density at radius 3 is 2.50 bits per heavy atom. The summed E-state index contributed by atoms with van der Waals surface area (Å²) < 4.78 is 17.9. The van der Waals surface area contributed by atoms with Gasteiger partial charge in [-0.15, -0.1) is 0 Å². The van der Waals surface area contributed by atoms with Gasteiger partial charge >= 0.3 is 0 Å². The van der Waals surface area contributed by atoms with Crippen molar-refractivity contribution >= 4 is 5.91 Å². The van der Waals surface area contributed by atoms with Gasteiger partial charge in [-0.2, -0.15) is 0 Å². The summed E-state index contributed by atoms with van der Waals surface area (Å²) in [6.07, 6.45) is 2.14. The molecule has 0 bridgehead atoms. The van der Waals surface area contributed by atoms with Crippen molar-refractivity contribution in [2.45, 2.75) is 12.8 Å². The van der Waals surface area contributed by atoms with E-state index in [1.165, 1.54) is 24.3 Å². The van der Waals surface area contributed by atoms with Crippen LogP contribution in [-0.2, 0) is 4.79 Å². The molecule has 86 valence electrons. The van der Waals surface area contributed by atoms with Gasteiger partial charge in [0, 0.05) is 13.1 Å². The van der Waals surface area contributed by atoms with Gasteiger partial charge in [0.25, 0.3) is 5.91 Å². The largest absolute Gasteiger partial charge is 0.484 e. The summed E-state index contributed by atoms with van der Waals surface area (Å²) in [5.41, 5.74) is 0. The summed E-state index contributed by atoms with van der Waals surface area (Å²) in [6.45, 7) is 1.68. The second-order valence-electron chi connectivity index (χ2n) is 3.83. The number of likely N-dealkylation sites (tertiary alicyclic amines) is 1. The quantitative estimate of drug-likeness (QED) is 0.782. The molecule has 1 fully saturated rings. The lowest BCUT2D eigenvalue weighted by molar-refractivity contribution is -0.132. The van der Waals surface area contributed by atoms with Crippen LogP contribution < -0.4 is 4.74 Å². The predicted octanol–water partition coefficient (Wildman–Crippen LogP) is 1.83. The minimum atomic E-state index is -0.307. The van der Waals surface area contributed by atoms with Crippen LogP contribution in [0.15, 0.2) is 24.3 Å². The topological polar surface area (TPSA) is 29.5 Å². The smallest absolute Gasteiger partial charge is 0.260 e. The summed E-state index contributed by atoms with van der Waals surface area (Å²) in [5.74, 6) is 0.217. The van der Waals surface area contributed by atoms with Crippen LogP contribution in [-0.4, -0.2) is 30.5 Å². The van der Waals surface area contributed by atoms with Gasteiger partial charge in [0.05, 0.1) is 0 Å². The van der Waals surface area contributed by atoms with E-state index in [1.54, 1.807) is 4.90 Å². The lowest BCUT2D eigenvalue weighted by atomic mass is 10.3. The Labute approximate surface area is 93.8 Å². The molecule has 0 aromatic heterocycles. The maximum Gasteiger partial charge on any atom is 0.260 e. The normalized spacial score (nSPS) is 15.2. The SMILES string of the molecule is O=C(COc1ccc(F)cc1)N1CCCC1. The third kappa shape index (κ3) is 2.72. The zero-order valence-corrected chi connectivity index (χ0v) is 8.99. The molecule has 16 heavy (non-hydrogen) atoms. The lowest BCUT2D eigenvalue weighted by Crippen LogP contribution is -2.32. The van der Waals surface area contributed by atoms with Crippen molar-refractivity contribution in [2.24, 2.45) is 0 Å². The first kappa shape index (κ1) is 10.9. The molecule has 0 radical (unpaired) electrons. The van der Waals surface area contributed by atoms with Gasteiger partial charge in [0.2, 0.25) is 0 Å². The second kappa shape index (κ2) is 4.96. The first-order chi connectivity index (χ1) is 7.75. The minimum absolute atomic E-state index is 0.00169. The van der Waals surface area contributed by atoms with Gasteiger partial charge in [0.15, 0.2) is 6.61 Å². The van der Waals surface area contributed by atoms with E-state index in [-0.39, 0.29) is 18.3 Å². The molecule has 1 aliphatic rings. The number of halogens is 1. The molecule has 1 amide bonds. The number of benzene rings is 1. The minimum Gasteiger partial charge on any atom is -0.484 e. The van der Waals surface area contributed by atoms with E-state index in [0.29, 0.717) is 5.75 Å². The molecule has 0 N–H and O–H groups in total. The van der Waals surface area contributed by atoms with Crippen LogP contribution in [0.3, 0.4) is 0 Å². The van der Waals surface area contributed by atoms with Crippen LogP contribution in [0.2, 0.25) is 0 Å². The van der Waals surface area contributed by atoms with E-state index in [1.807, 2.05) is 0 Å². The first-order valence-electron chi connectivity index (χ1n) is 5.42.